The average molecular weight is 478 g/mol. The molecule has 0 saturated carbocycles. The highest BCUT2D eigenvalue weighted by molar-refractivity contribution is 6.30. The molecule has 7 heteroatoms. The average Bonchev–Trinajstić information content (AvgIpc) is 2.86. The summed E-state index contributed by atoms with van der Waals surface area (Å²) in [5.41, 5.74) is 0.758. The summed E-state index contributed by atoms with van der Waals surface area (Å²) < 4.78 is 41.9. The van der Waals surface area contributed by atoms with Crippen LogP contribution in [0.15, 0.2) is 130 Å². The lowest BCUT2D eigenvalue weighted by atomic mass is 9.78. The first-order valence-electron chi connectivity index (χ1n) is 10.4. The fourth-order valence-electron chi connectivity index (χ4n) is 3.61. The van der Waals surface area contributed by atoms with Gasteiger partial charge in [-0.3, -0.25) is 0 Å². The molecule has 3 nitrogen and oxygen atoms in total. The number of halogens is 4. The zero-order valence-electron chi connectivity index (χ0n) is 17.8. The molecule has 170 valence electrons. The molecular weight excluding hydrogens is 459 g/mol. The molecule has 0 radical (unpaired) electrons. The topological polar surface area (TPSA) is 37.1 Å². The first-order valence-corrected chi connectivity index (χ1v) is 10.8. The Hall–Kier alpha value is -3.77. The molecule has 0 atom stereocenters. The second-order valence-corrected chi connectivity index (χ2v) is 7.85. The van der Waals surface area contributed by atoms with Crippen LogP contribution in [0.4, 0.5) is 18.9 Å². The third-order valence-electron chi connectivity index (χ3n) is 5.18. The molecule has 0 N–H and O–H groups in total. The fraction of sp³-hybridized carbons (Fsp3) is 0.0741. The highest BCUT2D eigenvalue weighted by atomic mass is 35.5. The number of rotatable bonds is 5. The fourth-order valence-corrected chi connectivity index (χ4v) is 3.74. The van der Waals surface area contributed by atoms with Crippen LogP contribution < -0.4 is 0 Å². The van der Waals surface area contributed by atoms with E-state index >= 15 is 0 Å². The van der Waals surface area contributed by atoms with Gasteiger partial charge >= 0.3 is 6.18 Å². The zero-order chi connectivity index (χ0) is 24.0. The lowest BCUT2D eigenvalue weighted by Gasteiger charge is -2.30. The van der Waals surface area contributed by atoms with Gasteiger partial charge in [0, 0.05) is 5.02 Å². The van der Waals surface area contributed by atoms with Gasteiger partial charge in [-0.25, -0.2) is 4.99 Å². The minimum absolute atomic E-state index is 0.0698. The molecule has 4 rings (SSSR count). The highest BCUT2D eigenvalue weighted by Crippen LogP contribution is 2.41. The zero-order valence-corrected chi connectivity index (χ0v) is 18.6. The Labute approximate surface area is 200 Å². The van der Waals surface area contributed by atoms with E-state index in [-0.39, 0.29) is 5.69 Å². The number of azo groups is 1. The van der Waals surface area contributed by atoms with Crippen molar-refractivity contribution in [3.05, 3.63) is 137 Å². The van der Waals surface area contributed by atoms with Crippen LogP contribution in [0, 0.1) is 0 Å². The number of alkyl halides is 3. The van der Waals surface area contributed by atoms with Crippen LogP contribution in [0.1, 0.15) is 16.7 Å². The van der Waals surface area contributed by atoms with Crippen LogP contribution in [0.25, 0.3) is 0 Å². The molecule has 0 aromatic heterocycles. The van der Waals surface area contributed by atoms with Crippen LogP contribution >= 0.6 is 11.6 Å². The molecule has 4 aromatic rings. The van der Waals surface area contributed by atoms with Crippen molar-refractivity contribution >= 4 is 23.1 Å². The van der Waals surface area contributed by atoms with Gasteiger partial charge in [0.1, 0.15) is 0 Å². The van der Waals surface area contributed by atoms with E-state index in [9.17, 15) is 13.2 Å². The van der Waals surface area contributed by atoms with Crippen molar-refractivity contribution in [1.82, 2.24) is 0 Å². The van der Waals surface area contributed by atoms with E-state index in [0.717, 1.165) is 0 Å². The van der Waals surface area contributed by atoms with Crippen molar-refractivity contribution in [3.8, 4) is 0 Å². The number of amidine groups is 1. The van der Waals surface area contributed by atoms with Gasteiger partial charge in [0.25, 0.3) is 5.84 Å². The molecule has 0 heterocycles. The summed E-state index contributed by atoms with van der Waals surface area (Å²) in [4.78, 5) is 3.73. The highest BCUT2D eigenvalue weighted by Gasteiger charge is 2.40. The molecule has 0 aliphatic heterocycles. The largest absolute Gasteiger partial charge is 0.453 e. The van der Waals surface area contributed by atoms with Crippen molar-refractivity contribution in [2.45, 2.75) is 11.7 Å². The standard InChI is InChI=1S/C27H19ClF3N3/c28-23-16-18-24(19-17-23)32-25(27(29,30)31)33-34-26(20-10-4-1-5-11-20,21-12-6-2-7-13-21)22-14-8-3-9-15-22/h1-19H. The van der Waals surface area contributed by atoms with Gasteiger partial charge in [-0.1, -0.05) is 103 Å². The molecule has 0 spiro atoms. The molecule has 0 aliphatic carbocycles. The van der Waals surface area contributed by atoms with Crippen LogP contribution in [-0.2, 0) is 5.54 Å². The van der Waals surface area contributed by atoms with E-state index in [1.54, 1.807) is 0 Å². The smallest absolute Gasteiger partial charge is 0.223 e. The van der Waals surface area contributed by atoms with E-state index in [2.05, 4.69) is 15.2 Å². The summed E-state index contributed by atoms with van der Waals surface area (Å²) >= 11 is 5.85. The van der Waals surface area contributed by atoms with E-state index in [1.807, 2.05) is 91.0 Å². The third kappa shape index (κ3) is 5.07. The summed E-state index contributed by atoms with van der Waals surface area (Å²) in [6, 6.07) is 33.1. The molecule has 0 aliphatic rings. The maximum absolute atomic E-state index is 14.0. The maximum atomic E-state index is 14.0. The van der Waals surface area contributed by atoms with Gasteiger partial charge in [-0.05, 0) is 41.0 Å². The van der Waals surface area contributed by atoms with Crippen LogP contribution in [-0.4, -0.2) is 12.0 Å². The molecule has 4 aromatic carbocycles. The van der Waals surface area contributed by atoms with Crippen molar-refractivity contribution in [2.75, 3.05) is 0 Å². The van der Waals surface area contributed by atoms with E-state index in [1.165, 1.54) is 24.3 Å². The van der Waals surface area contributed by atoms with Crippen LogP contribution in [0.5, 0.6) is 0 Å². The Kier molecular flexibility index (Phi) is 6.89. The maximum Gasteiger partial charge on any atom is 0.453 e. The summed E-state index contributed by atoms with van der Waals surface area (Å²) in [6.07, 6.45) is -4.82. The second-order valence-electron chi connectivity index (χ2n) is 7.42. The summed E-state index contributed by atoms with van der Waals surface area (Å²) in [5, 5.41) is 8.52. The van der Waals surface area contributed by atoms with Gasteiger partial charge in [0.2, 0.25) is 0 Å². The Morgan fingerprint density at radius 1 is 0.588 bits per heavy atom. The number of aliphatic imine (C=N–C) groups is 1. The molecule has 0 amide bonds. The van der Waals surface area contributed by atoms with Crippen molar-refractivity contribution in [2.24, 2.45) is 15.2 Å². The Balaban J connectivity index is 1.95. The number of hydrogen-bond acceptors (Lipinski definition) is 2. The normalized spacial score (nSPS) is 12.8. The predicted molar refractivity (Wildman–Crippen MR) is 129 cm³/mol. The number of benzene rings is 4. The SMILES string of the molecule is FC(F)(F)C(N=NC(c1ccccc1)(c1ccccc1)c1ccccc1)=Nc1ccc(Cl)cc1. The van der Waals surface area contributed by atoms with Gasteiger partial charge in [0.05, 0.1) is 5.69 Å². The lowest BCUT2D eigenvalue weighted by molar-refractivity contribution is -0.0600. The van der Waals surface area contributed by atoms with Gasteiger partial charge < -0.3 is 0 Å². The van der Waals surface area contributed by atoms with E-state index in [4.69, 9.17) is 11.6 Å². The molecule has 0 fully saturated rings. The molecular formula is C27H19ClF3N3. The third-order valence-corrected chi connectivity index (χ3v) is 5.44. The number of nitrogens with zero attached hydrogens (tertiary/aromatic N) is 3. The van der Waals surface area contributed by atoms with Crippen molar-refractivity contribution < 1.29 is 13.2 Å². The van der Waals surface area contributed by atoms with Crippen LogP contribution in [0.3, 0.4) is 0 Å². The minimum atomic E-state index is -4.82. The van der Waals surface area contributed by atoms with Gasteiger partial charge in [0.15, 0.2) is 5.54 Å². The Bertz CT molecular complexity index is 1180. The van der Waals surface area contributed by atoms with E-state index in [0.29, 0.717) is 21.7 Å². The summed E-state index contributed by atoms with van der Waals surface area (Å²) in [5.74, 6) is -1.36. The van der Waals surface area contributed by atoms with E-state index < -0.39 is 17.6 Å². The minimum Gasteiger partial charge on any atom is -0.223 e. The summed E-state index contributed by atoms with van der Waals surface area (Å²) in [7, 11) is 0. The lowest BCUT2D eigenvalue weighted by Crippen LogP contribution is -2.28. The van der Waals surface area contributed by atoms with Gasteiger partial charge in [-0.15, -0.1) is 5.11 Å². The molecule has 0 bridgehead atoms. The Morgan fingerprint density at radius 2 is 1.00 bits per heavy atom. The first kappa shape index (κ1) is 23.4. The Morgan fingerprint density at radius 3 is 1.38 bits per heavy atom. The summed E-state index contributed by atoms with van der Waals surface area (Å²) in [6.45, 7) is 0. The number of hydrogen-bond donors (Lipinski definition) is 0. The van der Waals surface area contributed by atoms with Crippen molar-refractivity contribution in [3.63, 3.8) is 0 Å². The molecule has 34 heavy (non-hydrogen) atoms. The quantitative estimate of drug-likeness (QED) is 0.120. The van der Waals surface area contributed by atoms with Gasteiger partial charge in [-0.2, -0.15) is 18.3 Å². The second kappa shape index (κ2) is 10.0. The van der Waals surface area contributed by atoms with Crippen LogP contribution in [0.2, 0.25) is 5.02 Å². The predicted octanol–water partition coefficient (Wildman–Crippen LogP) is 8.38. The van der Waals surface area contributed by atoms with Crippen molar-refractivity contribution in [1.29, 1.82) is 0 Å². The monoisotopic (exact) mass is 477 g/mol. The first-order chi connectivity index (χ1) is 16.4. The molecule has 0 saturated heterocycles. The molecule has 0 unspecified atom stereocenters.